The molecule has 0 spiro atoms. The van der Waals surface area contributed by atoms with Gasteiger partial charge in [-0.3, -0.25) is 0 Å². The fourth-order valence-electron chi connectivity index (χ4n) is 5.94. The van der Waals surface area contributed by atoms with Crippen LogP contribution in [0.3, 0.4) is 0 Å². The van der Waals surface area contributed by atoms with E-state index in [9.17, 15) is 0 Å². The van der Waals surface area contributed by atoms with E-state index in [2.05, 4.69) is 156 Å². The molecule has 236 valence electrons. The quantitative estimate of drug-likeness (QED) is 0.154. The second-order valence-electron chi connectivity index (χ2n) is 12.4. The number of rotatable bonds is 6. The molecule has 0 aliphatic carbocycles. The third-order valence-electron chi connectivity index (χ3n) is 7.40. The van der Waals surface area contributed by atoms with E-state index in [1.54, 1.807) is 11.3 Å². The zero-order chi connectivity index (χ0) is 33.0. The lowest BCUT2D eigenvalue weighted by molar-refractivity contribution is 0.739. The van der Waals surface area contributed by atoms with Crippen LogP contribution in [0, 0.1) is 41.5 Å². The van der Waals surface area contributed by atoms with Crippen LogP contribution in [0.15, 0.2) is 65.1 Å². The summed E-state index contributed by atoms with van der Waals surface area (Å²) in [4.78, 5) is 4.84. The number of fused-ring (bicyclic) bond motifs is 1. The molecule has 1 heterocycles. The summed E-state index contributed by atoms with van der Waals surface area (Å²) in [5.41, 5.74) is 14.8. The van der Waals surface area contributed by atoms with Crippen LogP contribution in [0.5, 0.6) is 0 Å². The molecule has 0 aliphatic heterocycles. The molecule has 0 atom stereocenters. The van der Waals surface area contributed by atoms with Gasteiger partial charge in [0, 0.05) is 27.7 Å². The molecule has 0 radical (unpaired) electrons. The van der Waals surface area contributed by atoms with Crippen molar-refractivity contribution < 1.29 is 0 Å². The molecule has 0 amide bonds. The third kappa shape index (κ3) is 8.51. The van der Waals surface area contributed by atoms with Crippen LogP contribution in [0.4, 0.5) is 10.8 Å². The highest BCUT2D eigenvalue weighted by atomic mass is 79.9. The fraction of sp³-hybridized carbons (Fsp3) is 0.316. The number of aryl methyl sites for hydroxylation is 6. The first-order valence-corrected chi connectivity index (χ1v) is 17.5. The van der Waals surface area contributed by atoms with Gasteiger partial charge in [-0.2, -0.15) is 0 Å². The molecular formula is C38H45BrN4S2. The summed E-state index contributed by atoms with van der Waals surface area (Å²) in [6.07, 6.45) is 0. The number of thiocarbonyl (C=S) groups is 1. The lowest BCUT2D eigenvalue weighted by atomic mass is 9.93. The standard InChI is InChI=1S/C19H23BrN2S.C19H22N2S/c1-11(2)21-19(23)22-18-15(7-6-8-16(18)20)17-13(4)9-12(3)10-14(17)5;1-11(2)20-19-21-18-15(7-6-8-16(18)22-19)17-13(4)9-12(3)10-14(17)5/h6-11H,1-5H3,(H2,21,22,23);6-11H,1-5H3,(H,20,21). The normalized spacial score (nSPS) is 11.0. The fourth-order valence-corrected chi connectivity index (χ4v) is 7.78. The Labute approximate surface area is 287 Å². The molecule has 5 aromatic rings. The van der Waals surface area contributed by atoms with Gasteiger partial charge in [0.15, 0.2) is 10.2 Å². The second-order valence-corrected chi connectivity index (χ2v) is 14.7. The van der Waals surface area contributed by atoms with Gasteiger partial charge in [-0.05, 0) is 143 Å². The van der Waals surface area contributed by atoms with E-state index < -0.39 is 0 Å². The van der Waals surface area contributed by atoms with Crippen molar-refractivity contribution in [2.75, 3.05) is 10.6 Å². The molecule has 45 heavy (non-hydrogen) atoms. The van der Waals surface area contributed by atoms with Crippen LogP contribution in [-0.2, 0) is 0 Å². The average molecular weight is 702 g/mol. The Bertz CT molecular complexity index is 1790. The van der Waals surface area contributed by atoms with Gasteiger partial charge in [-0.15, -0.1) is 0 Å². The van der Waals surface area contributed by atoms with Gasteiger partial charge in [0.05, 0.1) is 15.9 Å². The predicted molar refractivity (Wildman–Crippen MR) is 206 cm³/mol. The molecule has 1 aromatic heterocycles. The number of para-hydroxylation sites is 2. The van der Waals surface area contributed by atoms with Gasteiger partial charge >= 0.3 is 0 Å². The molecule has 4 aromatic carbocycles. The molecule has 7 heteroatoms. The number of nitrogens with one attached hydrogen (secondary N) is 3. The summed E-state index contributed by atoms with van der Waals surface area (Å²) >= 11 is 10.8. The van der Waals surface area contributed by atoms with Gasteiger partial charge in [-0.1, -0.05) is 71.0 Å². The van der Waals surface area contributed by atoms with Crippen LogP contribution in [0.2, 0.25) is 0 Å². The monoisotopic (exact) mass is 700 g/mol. The Balaban J connectivity index is 0.000000205. The predicted octanol–water partition coefficient (Wildman–Crippen LogP) is 11.4. The minimum Gasteiger partial charge on any atom is -0.360 e. The van der Waals surface area contributed by atoms with Crippen LogP contribution >= 0.6 is 39.5 Å². The van der Waals surface area contributed by atoms with Crippen molar-refractivity contribution in [2.45, 2.75) is 81.3 Å². The van der Waals surface area contributed by atoms with Gasteiger partial charge in [0.25, 0.3) is 0 Å². The Morgan fingerprint density at radius 2 is 1.24 bits per heavy atom. The molecule has 3 N–H and O–H groups in total. The molecule has 4 nitrogen and oxygen atoms in total. The van der Waals surface area contributed by atoms with E-state index in [-0.39, 0.29) is 0 Å². The Kier molecular flexibility index (Phi) is 11.5. The number of halogens is 1. The smallest absolute Gasteiger partial charge is 0.184 e. The van der Waals surface area contributed by atoms with Gasteiger partial charge in [0.2, 0.25) is 0 Å². The summed E-state index contributed by atoms with van der Waals surface area (Å²) in [5, 5.41) is 11.6. The lowest BCUT2D eigenvalue weighted by Crippen LogP contribution is -2.34. The van der Waals surface area contributed by atoms with Crippen LogP contribution < -0.4 is 16.0 Å². The van der Waals surface area contributed by atoms with Gasteiger partial charge in [0.1, 0.15) is 0 Å². The highest BCUT2D eigenvalue weighted by molar-refractivity contribution is 9.10. The van der Waals surface area contributed by atoms with E-state index in [4.69, 9.17) is 17.2 Å². The zero-order valence-corrected chi connectivity index (χ0v) is 31.3. The van der Waals surface area contributed by atoms with Crippen molar-refractivity contribution in [1.29, 1.82) is 0 Å². The van der Waals surface area contributed by atoms with Gasteiger partial charge in [-0.25, -0.2) is 4.98 Å². The summed E-state index contributed by atoms with van der Waals surface area (Å²) in [6, 6.07) is 22.3. The first kappa shape index (κ1) is 34.6. The highest BCUT2D eigenvalue weighted by Crippen LogP contribution is 2.39. The maximum Gasteiger partial charge on any atom is 0.184 e. The Morgan fingerprint density at radius 3 is 1.78 bits per heavy atom. The Hall–Kier alpha value is -3.26. The largest absolute Gasteiger partial charge is 0.360 e. The molecule has 0 saturated carbocycles. The number of anilines is 2. The molecule has 0 saturated heterocycles. The van der Waals surface area contributed by atoms with Crippen molar-refractivity contribution in [3.05, 3.63) is 98.5 Å². The summed E-state index contributed by atoms with van der Waals surface area (Å²) in [7, 11) is 0. The minimum absolute atomic E-state index is 0.295. The SMILES string of the molecule is Cc1cc(C)c(-c2cccc(Br)c2NC(=S)NC(C)C)c(C)c1.Cc1cc(C)c(-c2cccc3sc(NC(C)C)nc23)c(C)c1. The van der Waals surface area contributed by atoms with E-state index >= 15 is 0 Å². The number of aromatic nitrogens is 1. The van der Waals surface area contributed by atoms with E-state index in [1.165, 1.54) is 54.8 Å². The van der Waals surface area contributed by atoms with E-state index in [0.29, 0.717) is 17.2 Å². The average Bonchev–Trinajstić information content (AvgIpc) is 3.32. The lowest BCUT2D eigenvalue weighted by Gasteiger charge is -2.20. The minimum atomic E-state index is 0.295. The molecule has 0 bridgehead atoms. The van der Waals surface area contributed by atoms with Crippen molar-refractivity contribution in [2.24, 2.45) is 0 Å². The van der Waals surface area contributed by atoms with Crippen LogP contribution in [0.1, 0.15) is 61.1 Å². The summed E-state index contributed by atoms with van der Waals surface area (Å²) in [5.74, 6) is 0. The number of hydrogen-bond donors (Lipinski definition) is 3. The van der Waals surface area contributed by atoms with Crippen LogP contribution in [0.25, 0.3) is 32.5 Å². The number of thiazole rings is 1. The maximum absolute atomic E-state index is 5.42. The van der Waals surface area contributed by atoms with Crippen LogP contribution in [-0.4, -0.2) is 22.2 Å². The second kappa shape index (κ2) is 14.9. The maximum atomic E-state index is 5.42. The molecule has 0 aliphatic rings. The summed E-state index contributed by atoms with van der Waals surface area (Å²) < 4.78 is 2.24. The molecule has 5 rings (SSSR count). The van der Waals surface area contributed by atoms with Gasteiger partial charge < -0.3 is 16.0 Å². The Morgan fingerprint density at radius 1 is 0.733 bits per heavy atom. The number of hydrogen-bond acceptors (Lipinski definition) is 4. The number of benzene rings is 4. The van der Waals surface area contributed by atoms with E-state index in [0.717, 1.165) is 26.4 Å². The highest BCUT2D eigenvalue weighted by Gasteiger charge is 2.16. The zero-order valence-electron chi connectivity index (χ0n) is 28.1. The number of nitrogens with zero attached hydrogens (tertiary/aromatic N) is 1. The first-order valence-electron chi connectivity index (χ1n) is 15.4. The van der Waals surface area contributed by atoms with Crippen molar-refractivity contribution in [3.8, 4) is 22.3 Å². The van der Waals surface area contributed by atoms with Crippen molar-refractivity contribution in [1.82, 2.24) is 10.3 Å². The molecule has 0 fully saturated rings. The van der Waals surface area contributed by atoms with Crippen molar-refractivity contribution >= 4 is 65.6 Å². The molecule has 0 unspecified atom stereocenters. The summed E-state index contributed by atoms with van der Waals surface area (Å²) in [6.45, 7) is 21.4. The third-order valence-corrected chi connectivity index (χ3v) is 9.23. The van der Waals surface area contributed by atoms with Crippen molar-refractivity contribution in [3.63, 3.8) is 0 Å². The topological polar surface area (TPSA) is 49.0 Å². The first-order chi connectivity index (χ1) is 21.2. The molecular weight excluding hydrogens is 656 g/mol. The van der Waals surface area contributed by atoms with E-state index in [1.807, 2.05) is 6.07 Å².